The largest absolute Gasteiger partial charge is 0.444 e. The summed E-state index contributed by atoms with van der Waals surface area (Å²) in [4.78, 5) is 17.7. The second-order valence-corrected chi connectivity index (χ2v) is 6.68. The van der Waals surface area contributed by atoms with Gasteiger partial charge >= 0.3 is 6.09 Å². The lowest BCUT2D eigenvalue weighted by Gasteiger charge is -2.29. The number of hydrogen-bond donors (Lipinski definition) is 0. The Balaban J connectivity index is 2.08. The smallest absolute Gasteiger partial charge is 0.410 e. The van der Waals surface area contributed by atoms with Gasteiger partial charge < -0.3 is 9.64 Å². The van der Waals surface area contributed by atoms with Crippen LogP contribution in [0.2, 0.25) is 0 Å². The van der Waals surface area contributed by atoms with E-state index in [1.807, 2.05) is 26.8 Å². The van der Waals surface area contributed by atoms with E-state index in [9.17, 15) is 9.18 Å². The van der Waals surface area contributed by atoms with Crippen LogP contribution in [0, 0.1) is 5.82 Å². The van der Waals surface area contributed by atoms with Gasteiger partial charge in [0.2, 0.25) is 0 Å². The van der Waals surface area contributed by atoms with Crippen LogP contribution < -0.4 is 0 Å². The molecule has 0 saturated carbocycles. The fraction of sp³-hybridized carbons (Fsp3) is 0.467. The second-order valence-electron chi connectivity index (χ2n) is 5.87. The summed E-state index contributed by atoms with van der Waals surface area (Å²) in [6, 6.07) is 2.95. The average Bonchev–Trinajstić information content (AvgIpc) is 2.40. The van der Waals surface area contributed by atoms with Crippen LogP contribution in [-0.2, 0) is 4.74 Å². The van der Waals surface area contributed by atoms with Gasteiger partial charge in [0.15, 0.2) is 0 Å². The van der Waals surface area contributed by atoms with Crippen molar-refractivity contribution in [3.8, 4) is 0 Å². The van der Waals surface area contributed by atoms with E-state index in [1.54, 1.807) is 11.0 Å². The van der Waals surface area contributed by atoms with E-state index in [4.69, 9.17) is 4.74 Å². The average molecular weight is 357 g/mol. The molecule has 114 valence electrons. The molecule has 0 saturated heterocycles. The predicted molar refractivity (Wildman–Crippen MR) is 82.3 cm³/mol. The molecule has 6 heteroatoms. The summed E-state index contributed by atoms with van der Waals surface area (Å²) in [6.45, 7) is 6.39. The third-order valence-electron chi connectivity index (χ3n) is 2.98. The van der Waals surface area contributed by atoms with Crippen LogP contribution in [0.25, 0.3) is 5.57 Å². The molecule has 1 aliphatic rings. The molecule has 0 radical (unpaired) electrons. The quantitative estimate of drug-likeness (QED) is 0.714. The molecule has 0 atom stereocenters. The van der Waals surface area contributed by atoms with Gasteiger partial charge in [-0.2, -0.15) is 0 Å². The highest BCUT2D eigenvalue weighted by molar-refractivity contribution is 9.10. The summed E-state index contributed by atoms with van der Waals surface area (Å²) in [7, 11) is 0. The molecule has 0 fully saturated rings. The summed E-state index contributed by atoms with van der Waals surface area (Å²) in [5, 5.41) is 0. The van der Waals surface area contributed by atoms with Gasteiger partial charge in [-0.25, -0.2) is 14.2 Å². The van der Waals surface area contributed by atoms with E-state index in [0.29, 0.717) is 29.8 Å². The van der Waals surface area contributed by atoms with Crippen molar-refractivity contribution in [2.75, 3.05) is 13.1 Å². The Kier molecular flexibility index (Phi) is 4.66. The lowest BCUT2D eigenvalue weighted by molar-refractivity contribution is 0.0270. The summed E-state index contributed by atoms with van der Waals surface area (Å²) in [6.07, 6.45) is 2.03. The van der Waals surface area contributed by atoms with Crippen molar-refractivity contribution < 1.29 is 13.9 Å². The van der Waals surface area contributed by atoms with Crippen LogP contribution >= 0.6 is 15.9 Å². The molecule has 21 heavy (non-hydrogen) atoms. The number of halogens is 2. The van der Waals surface area contributed by atoms with E-state index in [1.165, 1.54) is 6.07 Å². The van der Waals surface area contributed by atoms with Gasteiger partial charge in [0.05, 0.1) is 0 Å². The van der Waals surface area contributed by atoms with Crippen molar-refractivity contribution in [3.63, 3.8) is 0 Å². The molecule has 1 aliphatic heterocycles. The van der Waals surface area contributed by atoms with E-state index in [0.717, 1.165) is 5.57 Å². The van der Waals surface area contributed by atoms with Crippen molar-refractivity contribution in [2.24, 2.45) is 0 Å². The Labute approximate surface area is 132 Å². The normalized spacial score (nSPS) is 15.7. The minimum atomic E-state index is -0.515. The fourth-order valence-corrected chi connectivity index (χ4v) is 2.33. The fourth-order valence-electron chi connectivity index (χ4n) is 2.02. The highest BCUT2D eigenvalue weighted by atomic mass is 79.9. The van der Waals surface area contributed by atoms with Crippen LogP contribution in [-0.4, -0.2) is 34.7 Å². The molecule has 2 heterocycles. The van der Waals surface area contributed by atoms with Crippen LogP contribution in [0.1, 0.15) is 32.9 Å². The Bertz CT molecular complexity index is 582. The number of ether oxygens (including phenoxy) is 1. The molecule has 0 spiro atoms. The first-order valence-electron chi connectivity index (χ1n) is 6.75. The summed E-state index contributed by atoms with van der Waals surface area (Å²) < 4.78 is 19.7. The number of nitrogens with zero attached hydrogens (tertiary/aromatic N) is 2. The number of amides is 1. The molecular weight excluding hydrogens is 339 g/mol. The first-order valence-corrected chi connectivity index (χ1v) is 7.55. The van der Waals surface area contributed by atoms with E-state index < -0.39 is 5.60 Å². The van der Waals surface area contributed by atoms with Gasteiger partial charge in [0.1, 0.15) is 21.7 Å². The van der Waals surface area contributed by atoms with E-state index in [-0.39, 0.29) is 11.9 Å². The third kappa shape index (κ3) is 4.27. The molecule has 1 aromatic heterocycles. The Morgan fingerprint density at radius 1 is 1.43 bits per heavy atom. The molecule has 1 aromatic rings. The van der Waals surface area contributed by atoms with Gasteiger partial charge in [-0.3, -0.25) is 0 Å². The maximum absolute atomic E-state index is 13.8. The zero-order chi connectivity index (χ0) is 15.6. The zero-order valence-electron chi connectivity index (χ0n) is 12.3. The minimum Gasteiger partial charge on any atom is -0.444 e. The summed E-state index contributed by atoms with van der Waals surface area (Å²) in [5.74, 6) is -0.352. The number of pyridine rings is 1. The standard InChI is InChI=1S/C15H18BrFN2O2/c1-15(2,3)21-14(20)19-8-6-10(7-9-19)13-11(17)4-5-12(16)18-13/h4-6H,7-9H2,1-3H3. The van der Waals surface area contributed by atoms with Gasteiger partial charge in [-0.05, 0) is 60.8 Å². The molecular formula is C15H18BrFN2O2. The van der Waals surface area contributed by atoms with Gasteiger partial charge in [-0.1, -0.05) is 6.08 Å². The first kappa shape index (κ1) is 15.9. The maximum atomic E-state index is 13.8. The lowest BCUT2D eigenvalue weighted by Crippen LogP contribution is -2.39. The van der Waals surface area contributed by atoms with Crippen molar-refractivity contribution in [2.45, 2.75) is 32.8 Å². The zero-order valence-corrected chi connectivity index (χ0v) is 13.9. The van der Waals surface area contributed by atoms with E-state index in [2.05, 4.69) is 20.9 Å². The van der Waals surface area contributed by atoms with Gasteiger partial charge in [0.25, 0.3) is 0 Å². The van der Waals surface area contributed by atoms with Crippen molar-refractivity contribution in [1.29, 1.82) is 0 Å². The Morgan fingerprint density at radius 3 is 2.71 bits per heavy atom. The number of aromatic nitrogens is 1. The topological polar surface area (TPSA) is 42.4 Å². The van der Waals surface area contributed by atoms with Crippen LogP contribution in [0.15, 0.2) is 22.8 Å². The van der Waals surface area contributed by atoms with Crippen molar-refractivity contribution in [3.05, 3.63) is 34.3 Å². The van der Waals surface area contributed by atoms with Crippen LogP contribution in [0.3, 0.4) is 0 Å². The van der Waals surface area contributed by atoms with Crippen LogP contribution in [0.5, 0.6) is 0 Å². The van der Waals surface area contributed by atoms with Crippen LogP contribution in [0.4, 0.5) is 9.18 Å². The highest BCUT2D eigenvalue weighted by Crippen LogP contribution is 2.25. The Hall–Kier alpha value is -1.43. The van der Waals surface area contributed by atoms with Gasteiger partial charge in [0, 0.05) is 13.1 Å². The number of rotatable bonds is 1. The number of carbonyl (C=O) groups is 1. The molecule has 0 aliphatic carbocycles. The van der Waals surface area contributed by atoms with Crippen molar-refractivity contribution >= 4 is 27.6 Å². The third-order valence-corrected chi connectivity index (χ3v) is 3.42. The van der Waals surface area contributed by atoms with E-state index >= 15 is 0 Å². The van der Waals surface area contributed by atoms with Gasteiger partial charge in [-0.15, -0.1) is 0 Å². The summed E-state index contributed by atoms with van der Waals surface area (Å²) >= 11 is 3.24. The Morgan fingerprint density at radius 2 is 2.14 bits per heavy atom. The lowest BCUT2D eigenvalue weighted by atomic mass is 10.0. The molecule has 1 amide bonds. The molecule has 0 unspecified atom stereocenters. The SMILES string of the molecule is CC(C)(C)OC(=O)N1CC=C(c2nc(Br)ccc2F)CC1. The molecule has 2 rings (SSSR count). The molecule has 0 aromatic carbocycles. The molecule has 0 bridgehead atoms. The first-order chi connectivity index (χ1) is 9.76. The van der Waals surface area contributed by atoms with Crippen molar-refractivity contribution in [1.82, 2.24) is 9.88 Å². The predicted octanol–water partition coefficient (Wildman–Crippen LogP) is 4.01. The molecule has 4 nitrogen and oxygen atoms in total. The summed E-state index contributed by atoms with van der Waals surface area (Å²) in [5.41, 5.74) is 0.640. The highest BCUT2D eigenvalue weighted by Gasteiger charge is 2.24. The minimum absolute atomic E-state index is 0.341. The monoisotopic (exact) mass is 356 g/mol. The number of carbonyl (C=O) groups excluding carboxylic acids is 1. The maximum Gasteiger partial charge on any atom is 0.410 e. The number of hydrogen-bond acceptors (Lipinski definition) is 3. The molecule has 0 N–H and O–H groups in total. The second kappa shape index (κ2) is 6.13.